The van der Waals surface area contributed by atoms with Crippen LogP contribution in [0.1, 0.15) is 57.2 Å². The molecule has 1 aromatic carbocycles. The van der Waals surface area contributed by atoms with Gasteiger partial charge in [-0.1, -0.05) is 44.2 Å². The van der Waals surface area contributed by atoms with Crippen LogP contribution in [0.4, 0.5) is 0 Å². The molecule has 1 aliphatic rings. The third-order valence-corrected chi connectivity index (χ3v) is 6.84. The van der Waals surface area contributed by atoms with Crippen molar-refractivity contribution in [1.82, 2.24) is 25.3 Å². The van der Waals surface area contributed by atoms with Gasteiger partial charge < -0.3 is 15.5 Å². The van der Waals surface area contributed by atoms with E-state index in [1.807, 2.05) is 25.0 Å². The van der Waals surface area contributed by atoms with Gasteiger partial charge in [0.2, 0.25) is 0 Å². The Morgan fingerprint density at radius 3 is 2.56 bits per heavy atom. The molecule has 2 atom stereocenters. The fraction of sp³-hybridized carbons (Fsp3) is 0.600. The van der Waals surface area contributed by atoms with E-state index < -0.39 is 0 Å². The van der Waals surface area contributed by atoms with Gasteiger partial charge in [0.1, 0.15) is 0 Å². The van der Waals surface area contributed by atoms with Gasteiger partial charge >= 0.3 is 0 Å². The van der Waals surface area contributed by atoms with Gasteiger partial charge in [-0.05, 0) is 49.7 Å². The first kappa shape index (κ1) is 26.6. The van der Waals surface area contributed by atoms with Crippen molar-refractivity contribution in [2.75, 3.05) is 26.7 Å². The summed E-state index contributed by atoms with van der Waals surface area (Å²) in [5.74, 6) is 1.68. The van der Waals surface area contributed by atoms with Crippen LogP contribution in [0.3, 0.4) is 0 Å². The standard InChI is InChI=1S/C25H40N6.HI/c1-6-25(7-2,29-20(3)23-11-9-8-10-12-23)19-27-24(26-4)31-14-13-21(18-31)15-22-16-28-30(5)17-22;/h8-12,16-17,20-21,29H,6-7,13-15,18-19H2,1-5H3,(H,26,27);1H. The third kappa shape index (κ3) is 6.94. The molecule has 0 aliphatic carbocycles. The number of benzene rings is 1. The average molecular weight is 553 g/mol. The molecular formula is C25H41IN6. The topological polar surface area (TPSA) is 57.5 Å². The molecule has 7 heteroatoms. The molecule has 2 N–H and O–H groups in total. The smallest absolute Gasteiger partial charge is 0.193 e. The van der Waals surface area contributed by atoms with E-state index >= 15 is 0 Å². The number of nitrogens with one attached hydrogen (secondary N) is 2. The normalized spacial score (nSPS) is 17.8. The molecule has 1 aliphatic heterocycles. The summed E-state index contributed by atoms with van der Waals surface area (Å²) in [5, 5.41) is 11.9. The van der Waals surface area contributed by atoms with Crippen LogP contribution in [0.5, 0.6) is 0 Å². The first-order valence-electron chi connectivity index (χ1n) is 11.7. The van der Waals surface area contributed by atoms with Gasteiger partial charge in [0.15, 0.2) is 5.96 Å². The molecule has 0 saturated carbocycles. The predicted molar refractivity (Wildman–Crippen MR) is 145 cm³/mol. The lowest BCUT2D eigenvalue weighted by atomic mass is 9.90. The van der Waals surface area contributed by atoms with E-state index in [0.29, 0.717) is 12.0 Å². The SMILES string of the molecule is CCC(CC)(CNC(=NC)N1CCC(Cc2cnn(C)c2)C1)NC(C)c1ccccc1.I. The van der Waals surface area contributed by atoms with Crippen molar-refractivity contribution in [3.05, 3.63) is 53.9 Å². The van der Waals surface area contributed by atoms with Gasteiger partial charge in [0.05, 0.1) is 6.20 Å². The summed E-state index contributed by atoms with van der Waals surface area (Å²) in [6.07, 6.45) is 8.54. The van der Waals surface area contributed by atoms with E-state index in [1.54, 1.807) is 0 Å². The van der Waals surface area contributed by atoms with Gasteiger partial charge in [0, 0.05) is 51.5 Å². The number of rotatable bonds is 9. The van der Waals surface area contributed by atoms with E-state index in [9.17, 15) is 0 Å². The van der Waals surface area contributed by atoms with Gasteiger partial charge in [0.25, 0.3) is 0 Å². The van der Waals surface area contributed by atoms with E-state index in [1.165, 1.54) is 17.5 Å². The molecule has 32 heavy (non-hydrogen) atoms. The van der Waals surface area contributed by atoms with Crippen LogP contribution in [0.25, 0.3) is 0 Å². The van der Waals surface area contributed by atoms with Crippen LogP contribution in [0.15, 0.2) is 47.7 Å². The van der Waals surface area contributed by atoms with Crippen molar-refractivity contribution >= 4 is 29.9 Å². The number of aryl methyl sites for hydroxylation is 1. The van der Waals surface area contributed by atoms with Crippen LogP contribution in [0.2, 0.25) is 0 Å². The van der Waals surface area contributed by atoms with Gasteiger partial charge in [-0.2, -0.15) is 5.10 Å². The molecule has 0 spiro atoms. The number of hydrogen-bond acceptors (Lipinski definition) is 3. The van der Waals surface area contributed by atoms with Crippen molar-refractivity contribution in [2.45, 2.75) is 58.0 Å². The quantitative estimate of drug-likeness (QED) is 0.276. The lowest BCUT2D eigenvalue weighted by molar-refractivity contribution is 0.268. The summed E-state index contributed by atoms with van der Waals surface area (Å²) in [4.78, 5) is 7.03. The summed E-state index contributed by atoms with van der Waals surface area (Å²) in [5.41, 5.74) is 2.68. The van der Waals surface area contributed by atoms with Crippen molar-refractivity contribution in [1.29, 1.82) is 0 Å². The van der Waals surface area contributed by atoms with Crippen molar-refractivity contribution in [2.24, 2.45) is 18.0 Å². The molecule has 0 bridgehead atoms. The molecule has 1 fully saturated rings. The van der Waals surface area contributed by atoms with E-state index in [0.717, 1.165) is 44.9 Å². The second-order valence-corrected chi connectivity index (χ2v) is 8.99. The van der Waals surface area contributed by atoms with Gasteiger partial charge in [-0.25, -0.2) is 0 Å². The molecule has 2 unspecified atom stereocenters. The Kier molecular flexibility index (Phi) is 10.5. The minimum absolute atomic E-state index is 0. The number of halogens is 1. The van der Waals surface area contributed by atoms with Crippen molar-refractivity contribution in [3.63, 3.8) is 0 Å². The highest BCUT2D eigenvalue weighted by Gasteiger charge is 2.30. The Hall–Kier alpha value is -1.61. The highest BCUT2D eigenvalue weighted by atomic mass is 127. The second-order valence-electron chi connectivity index (χ2n) is 8.99. The highest BCUT2D eigenvalue weighted by Crippen LogP contribution is 2.23. The molecular weight excluding hydrogens is 511 g/mol. The molecule has 3 rings (SSSR count). The third-order valence-electron chi connectivity index (χ3n) is 6.84. The number of guanidine groups is 1. The summed E-state index contributed by atoms with van der Waals surface area (Å²) < 4.78 is 1.89. The van der Waals surface area contributed by atoms with E-state index in [2.05, 4.69) is 82.9 Å². The molecule has 1 saturated heterocycles. The number of likely N-dealkylation sites (tertiary alicyclic amines) is 1. The number of hydrogen-bond donors (Lipinski definition) is 2. The van der Waals surface area contributed by atoms with Crippen molar-refractivity contribution in [3.8, 4) is 0 Å². The Morgan fingerprint density at radius 1 is 1.25 bits per heavy atom. The van der Waals surface area contributed by atoms with E-state index in [-0.39, 0.29) is 29.5 Å². The van der Waals surface area contributed by atoms with Crippen LogP contribution >= 0.6 is 24.0 Å². The molecule has 6 nitrogen and oxygen atoms in total. The summed E-state index contributed by atoms with van der Waals surface area (Å²) in [6, 6.07) is 11.0. The maximum Gasteiger partial charge on any atom is 0.193 e. The number of aromatic nitrogens is 2. The number of aliphatic imine (C=N–C) groups is 1. The number of nitrogens with zero attached hydrogens (tertiary/aromatic N) is 4. The van der Waals surface area contributed by atoms with Gasteiger partial charge in [-0.3, -0.25) is 9.67 Å². The predicted octanol–water partition coefficient (Wildman–Crippen LogP) is 4.39. The van der Waals surface area contributed by atoms with Crippen LogP contribution in [-0.4, -0.2) is 52.9 Å². The first-order valence-corrected chi connectivity index (χ1v) is 11.7. The fourth-order valence-electron chi connectivity index (χ4n) is 4.72. The Morgan fingerprint density at radius 2 is 1.97 bits per heavy atom. The lowest BCUT2D eigenvalue weighted by Crippen LogP contribution is -2.55. The highest BCUT2D eigenvalue weighted by molar-refractivity contribution is 14.0. The molecule has 2 heterocycles. The maximum absolute atomic E-state index is 4.61. The zero-order chi connectivity index (χ0) is 22.3. The molecule has 1 aromatic heterocycles. The largest absolute Gasteiger partial charge is 0.354 e. The molecule has 178 valence electrons. The Bertz CT molecular complexity index is 830. The summed E-state index contributed by atoms with van der Waals surface area (Å²) >= 11 is 0. The fourth-order valence-corrected chi connectivity index (χ4v) is 4.72. The molecule has 0 radical (unpaired) electrons. The van der Waals surface area contributed by atoms with Crippen molar-refractivity contribution < 1.29 is 0 Å². The lowest BCUT2D eigenvalue weighted by Gasteiger charge is -2.37. The van der Waals surface area contributed by atoms with Gasteiger partial charge in [-0.15, -0.1) is 24.0 Å². The maximum atomic E-state index is 4.61. The van der Waals surface area contributed by atoms with Crippen LogP contribution in [0, 0.1) is 5.92 Å². The molecule has 0 amide bonds. The minimum Gasteiger partial charge on any atom is -0.354 e. The van der Waals surface area contributed by atoms with Crippen LogP contribution < -0.4 is 10.6 Å². The average Bonchev–Trinajstić information content (AvgIpc) is 3.43. The minimum atomic E-state index is 0. The van der Waals surface area contributed by atoms with E-state index in [4.69, 9.17) is 0 Å². The monoisotopic (exact) mass is 552 g/mol. The van der Waals surface area contributed by atoms with Crippen LogP contribution in [-0.2, 0) is 13.5 Å². The first-order chi connectivity index (χ1) is 15.0. The second kappa shape index (κ2) is 12.6. The Balaban J connectivity index is 0.00000363. The zero-order valence-electron chi connectivity index (χ0n) is 20.3. The Labute approximate surface area is 211 Å². The molecule has 2 aromatic rings. The summed E-state index contributed by atoms with van der Waals surface area (Å²) in [6.45, 7) is 9.79. The summed E-state index contributed by atoms with van der Waals surface area (Å²) in [7, 11) is 3.88. The zero-order valence-corrected chi connectivity index (χ0v) is 22.7.